The number of hydrogen-bond acceptors (Lipinski definition) is 5. The van der Waals surface area contributed by atoms with Crippen LogP contribution in [0.1, 0.15) is 0 Å². The largest absolute Gasteiger partial charge is 0.454 e. The van der Waals surface area contributed by atoms with Gasteiger partial charge < -0.3 is 4.42 Å². The fourth-order valence-electron chi connectivity index (χ4n) is 6.22. The molecule has 0 atom stereocenters. The summed E-state index contributed by atoms with van der Waals surface area (Å²) in [5.41, 5.74) is 8.15. The molecule has 47 heavy (non-hydrogen) atoms. The van der Waals surface area contributed by atoms with Crippen molar-refractivity contribution in [3.05, 3.63) is 158 Å². The number of pyridine rings is 1. The van der Waals surface area contributed by atoms with E-state index in [-0.39, 0.29) is 0 Å². The summed E-state index contributed by atoms with van der Waals surface area (Å²) < 4.78 is 6.72. The molecule has 3 aromatic heterocycles. The van der Waals surface area contributed by atoms with Crippen molar-refractivity contribution in [2.75, 3.05) is 0 Å². The molecule has 220 valence electrons. The molecule has 0 saturated carbocycles. The molecule has 0 saturated heterocycles. The van der Waals surface area contributed by atoms with Gasteiger partial charge in [0.05, 0.1) is 0 Å². The number of rotatable bonds is 5. The van der Waals surface area contributed by atoms with Gasteiger partial charge in [-0.15, -0.1) is 0 Å². The lowest BCUT2D eigenvalue weighted by atomic mass is 9.99. The minimum absolute atomic E-state index is 0.539. The van der Waals surface area contributed by atoms with Crippen molar-refractivity contribution in [3.63, 3.8) is 0 Å². The van der Waals surface area contributed by atoms with Crippen LogP contribution in [0.5, 0.6) is 0 Å². The van der Waals surface area contributed by atoms with Crippen molar-refractivity contribution >= 4 is 32.7 Å². The van der Waals surface area contributed by atoms with Gasteiger partial charge in [0.15, 0.2) is 23.1 Å². The first-order chi connectivity index (χ1) is 23.3. The Bertz CT molecular complexity index is 2490. The van der Waals surface area contributed by atoms with Crippen LogP contribution in [0, 0.1) is 0 Å². The molecule has 0 aliphatic carbocycles. The molecule has 5 heteroatoms. The highest BCUT2D eigenvalue weighted by Crippen LogP contribution is 2.42. The molecule has 0 aliphatic heterocycles. The first-order valence-corrected chi connectivity index (χ1v) is 15.6. The average Bonchev–Trinajstić information content (AvgIpc) is 3.53. The van der Waals surface area contributed by atoms with Gasteiger partial charge in [-0.25, -0.2) is 15.0 Å². The minimum atomic E-state index is 0.539. The van der Waals surface area contributed by atoms with Gasteiger partial charge in [-0.3, -0.25) is 4.98 Å². The number of nitrogens with zero attached hydrogens (tertiary/aromatic N) is 4. The zero-order valence-corrected chi connectivity index (χ0v) is 25.2. The quantitative estimate of drug-likeness (QED) is 0.196. The van der Waals surface area contributed by atoms with Gasteiger partial charge >= 0.3 is 0 Å². The van der Waals surface area contributed by atoms with Crippen molar-refractivity contribution in [2.24, 2.45) is 0 Å². The summed E-state index contributed by atoms with van der Waals surface area (Å²) in [6.07, 6.45) is 1.88. The van der Waals surface area contributed by atoms with Gasteiger partial charge in [0.2, 0.25) is 0 Å². The molecule has 3 heterocycles. The number of fused-ring (bicyclic) bond motifs is 4. The molecule has 9 rings (SSSR count). The van der Waals surface area contributed by atoms with Crippen LogP contribution in [0.4, 0.5) is 0 Å². The molecule has 5 nitrogen and oxygen atoms in total. The molecule has 0 bridgehead atoms. The van der Waals surface area contributed by atoms with Gasteiger partial charge in [-0.05, 0) is 34.0 Å². The van der Waals surface area contributed by atoms with Gasteiger partial charge in [-0.2, -0.15) is 0 Å². The van der Waals surface area contributed by atoms with Gasteiger partial charge in [0, 0.05) is 39.2 Å². The number of aromatic nitrogens is 4. The van der Waals surface area contributed by atoms with E-state index in [1.165, 1.54) is 5.56 Å². The fraction of sp³-hybridized carbons (Fsp3) is 0. The van der Waals surface area contributed by atoms with Crippen molar-refractivity contribution in [2.45, 2.75) is 0 Å². The predicted molar refractivity (Wildman–Crippen MR) is 190 cm³/mol. The van der Waals surface area contributed by atoms with E-state index < -0.39 is 0 Å². The van der Waals surface area contributed by atoms with E-state index in [9.17, 15) is 0 Å². The molecule has 9 aromatic rings. The van der Waals surface area contributed by atoms with E-state index in [0.717, 1.165) is 60.6 Å². The monoisotopic (exact) mass is 602 g/mol. The normalized spacial score (nSPS) is 11.4. The summed E-state index contributed by atoms with van der Waals surface area (Å²) in [6, 6.07) is 51.5. The third kappa shape index (κ3) is 4.82. The minimum Gasteiger partial charge on any atom is -0.454 e. The Morgan fingerprint density at radius 3 is 1.53 bits per heavy atom. The molecular weight excluding hydrogens is 576 g/mol. The van der Waals surface area contributed by atoms with Crippen molar-refractivity contribution in [1.82, 2.24) is 19.9 Å². The summed E-state index contributed by atoms with van der Waals surface area (Å²) in [7, 11) is 0. The highest BCUT2D eigenvalue weighted by atomic mass is 16.3. The Morgan fingerprint density at radius 1 is 0.426 bits per heavy atom. The van der Waals surface area contributed by atoms with Crippen LogP contribution in [0.3, 0.4) is 0 Å². The van der Waals surface area contributed by atoms with Crippen LogP contribution in [0.25, 0.3) is 89.3 Å². The number of benzene rings is 6. The SMILES string of the molecule is c1ccc(-c2ccc(-c3ncc(-c4nc(-c5ccccc5)nc(-c5ccccc5)n4)c4c3oc3cc5ccccc5cc34)cc2)cc1. The Morgan fingerprint density at radius 2 is 0.915 bits per heavy atom. The topological polar surface area (TPSA) is 64.7 Å². The fourth-order valence-corrected chi connectivity index (χ4v) is 6.22. The maximum absolute atomic E-state index is 6.72. The third-order valence-electron chi connectivity index (χ3n) is 8.57. The Balaban J connectivity index is 1.30. The second-order valence-corrected chi connectivity index (χ2v) is 11.5. The first kappa shape index (κ1) is 26.9. The molecule has 0 unspecified atom stereocenters. The summed E-state index contributed by atoms with van der Waals surface area (Å²) in [4.78, 5) is 20.0. The molecular formula is C42H26N4O. The van der Waals surface area contributed by atoms with E-state index in [2.05, 4.69) is 78.9 Å². The second kappa shape index (κ2) is 11.2. The van der Waals surface area contributed by atoms with E-state index in [0.29, 0.717) is 23.1 Å². The predicted octanol–water partition coefficient (Wildman–Crippen LogP) is 10.7. The first-order valence-electron chi connectivity index (χ1n) is 15.6. The maximum atomic E-state index is 6.72. The molecule has 0 amide bonds. The zero-order chi connectivity index (χ0) is 31.2. The molecule has 0 N–H and O–H groups in total. The molecule has 0 spiro atoms. The lowest BCUT2D eigenvalue weighted by molar-refractivity contribution is 0.669. The standard InChI is InChI=1S/C42H26N4O/c1-4-12-27(13-5-1)28-20-22-29(23-21-28)38-39-37(34-24-32-18-10-11-19-33(32)25-36(34)47-39)35(26-43-38)42-45-40(30-14-6-2-7-15-30)44-41(46-42)31-16-8-3-9-17-31/h1-26H. The maximum Gasteiger partial charge on any atom is 0.166 e. The highest BCUT2D eigenvalue weighted by Gasteiger charge is 2.22. The molecule has 0 aliphatic rings. The van der Waals surface area contributed by atoms with Gasteiger partial charge in [0.1, 0.15) is 11.3 Å². The summed E-state index contributed by atoms with van der Waals surface area (Å²) in [5, 5.41) is 4.15. The van der Waals surface area contributed by atoms with Gasteiger partial charge in [-0.1, -0.05) is 140 Å². The van der Waals surface area contributed by atoms with Crippen LogP contribution in [0.15, 0.2) is 162 Å². The van der Waals surface area contributed by atoms with E-state index in [1.54, 1.807) is 0 Å². The van der Waals surface area contributed by atoms with Crippen LogP contribution in [-0.4, -0.2) is 19.9 Å². The van der Waals surface area contributed by atoms with Crippen molar-refractivity contribution in [3.8, 4) is 56.5 Å². The summed E-state index contributed by atoms with van der Waals surface area (Å²) in [5.74, 6) is 1.74. The molecule has 6 aromatic carbocycles. The summed E-state index contributed by atoms with van der Waals surface area (Å²) in [6.45, 7) is 0. The molecule has 0 fully saturated rings. The average molecular weight is 603 g/mol. The van der Waals surface area contributed by atoms with Crippen molar-refractivity contribution in [1.29, 1.82) is 0 Å². The van der Waals surface area contributed by atoms with E-state index >= 15 is 0 Å². The van der Waals surface area contributed by atoms with Crippen LogP contribution in [0.2, 0.25) is 0 Å². The van der Waals surface area contributed by atoms with E-state index in [4.69, 9.17) is 24.4 Å². The third-order valence-corrected chi connectivity index (χ3v) is 8.57. The van der Waals surface area contributed by atoms with Crippen LogP contribution >= 0.6 is 0 Å². The Kier molecular flexibility index (Phi) is 6.39. The number of hydrogen-bond donors (Lipinski definition) is 0. The lowest BCUT2D eigenvalue weighted by Gasteiger charge is -2.10. The van der Waals surface area contributed by atoms with Crippen LogP contribution < -0.4 is 0 Å². The second-order valence-electron chi connectivity index (χ2n) is 11.5. The smallest absolute Gasteiger partial charge is 0.166 e. The lowest BCUT2D eigenvalue weighted by Crippen LogP contribution is -2.01. The Hall–Kier alpha value is -6.46. The number of furan rings is 1. The van der Waals surface area contributed by atoms with Crippen LogP contribution in [-0.2, 0) is 0 Å². The highest BCUT2D eigenvalue weighted by molar-refractivity contribution is 6.17. The van der Waals surface area contributed by atoms with E-state index in [1.807, 2.05) is 79.0 Å². The molecule has 0 radical (unpaired) electrons. The van der Waals surface area contributed by atoms with Gasteiger partial charge in [0.25, 0.3) is 0 Å². The van der Waals surface area contributed by atoms with Crippen molar-refractivity contribution < 1.29 is 4.42 Å². The Labute approximate surface area is 270 Å². The zero-order valence-electron chi connectivity index (χ0n) is 25.2. The summed E-state index contributed by atoms with van der Waals surface area (Å²) >= 11 is 0.